The Bertz CT molecular complexity index is 1860. The highest BCUT2D eigenvalue weighted by Crippen LogP contribution is 2.58. The third-order valence-electron chi connectivity index (χ3n) is 12.9. The molecule has 1 aliphatic heterocycles. The van der Waals surface area contributed by atoms with E-state index in [1.807, 2.05) is 23.2 Å². The molecular weight excluding hydrogens is 671 g/mol. The second kappa shape index (κ2) is 11.6. The number of likely N-dealkylation sites (tertiary alicyclic amines) is 1. The number of fused-ring (bicyclic) bond motifs is 1. The zero-order chi connectivity index (χ0) is 35.4. The SMILES string of the molecule is O=C(NC1(C(=O)O)C2CC3CC(C2)CC1C3)c1ccc(-c2cn(C3CC3)c3cc(O[C@H]4CC[C@H](N5CC(F)(F)C5)CC4)ccc23)nc1C(F)(F)F. The van der Waals surface area contributed by atoms with Crippen molar-refractivity contribution < 1.29 is 41.4 Å². The van der Waals surface area contributed by atoms with Crippen LogP contribution in [0.1, 0.15) is 92.7 Å². The molecule has 2 N–H and O–H groups in total. The maximum atomic E-state index is 14.7. The number of carboxylic acid groups (broad SMARTS) is 1. The van der Waals surface area contributed by atoms with Crippen molar-refractivity contribution in [3.63, 3.8) is 0 Å². The maximum absolute atomic E-state index is 14.7. The van der Waals surface area contributed by atoms with Crippen molar-refractivity contribution in [2.45, 2.75) is 106 Å². The Balaban J connectivity index is 0.982. The van der Waals surface area contributed by atoms with Gasteiger partial charge in [-0.3, -0.25) is 9.69 Å². The van der Waals surface area contributed by atoms with E-state index in [4.69, 9.17) is 4.74 Å². The number of nitrogens with one attached hydrogen (secondary N) is 1. The Morgan fingerprint density at radius 3 is 2.12 bits per heavy atom. The molecule has 6 saturated carbocycles. The van der Waals surface area contributed by atoms with E-state index in [-0.39, 0.29) is 48.8 Å². The van der Waals surface area contributed by atoms with Crippen molar-refractivity contribution in [1.29, 1.82) is 0 Å². The lowest BCUT2D eigenvalue weighted by Crippen LogP contribution is -2.70. The standard InChI is InChI=1S/C38H41F5N4O4/c39-36(40)18-46(19-36)24-3-5-26(6-4-24)51-27-7-8-28-30(17-47(25-1-2-25)32(28)16-27)31-10-9-29(33(44-31)38(41,42)43)34(48)45-37(35(49)50)22-12-20-11-21(14-22)15-23(37)13-20/h7-10,16-17,20-26H,1-6,11-15,18-19H2,(H,45,48)(H,49,50)/t20?,21?,22?,23?,24-,26-,37?. The second-order valence-electron chi connectivity index (χ2n) is 16.2. The molecule has 0 atom stereocenters. The molecule has 51 heavy (non-hydrogen) atoms. The second-order valence-corrected chi connectivity index (χ2v) is 16.2. The topological polar surface area (TPSA) is 96.7 Å². The van der Waals surface area contributed by atoms with Gasteiger partial charge in [-0.05, 0) is 119 Å². The number of amides is 1. The van der Waals surface area contributed by atoms with Crippen LogP contribution < -0.4 is 10.1 Å². The van der Waals surface area contributed by atoms with Gasteiger partial charge in [-0.1, -0.05) is 0 Å². The fourth-order valence-corrected chi connectivity index (χ4v) is 10.5. The van der Waals surface area contributed by atoms with E-state index in [1.54, 1.807) is 6.07 Å². The first kappa shape index (κ1) is 33.1. The maximum Gasteiger partial charge on any atom is 0.434 e. The minimum atomic E-state index is -4.96. The first-order chi connectivity index (χ1) is 24.3. The molecule has 3 aromatic rings. The van der Waals surface area contributed by atoms with Crippen LogP contribution in [-0.4, -0.2) is 68.1 Å². The number of hydrogen-bond acceptors (Lipinski definition) is 5. The Labute approximate surface area is 291 Å². The van der Waals surface area contributed by atoms with Gasteiger partial charge in [-0.2, -0.15) is 13.2 Å². The fraction of sp³-hybridized carbons (Fsp3) is 0.605. The minimum Gasteiger partial charge on any atom is -0.490 e. The molecule has 0 spiro atoms. The first-order valence-electron chi connectivity index (χ1n) is 18.3. The molecule has 10 rings (SSSR count). The molecule has 6 aliphatic carbocycles. The van der Waals surface area contributed by atoms with Crippen molar-refractivity contribution in [1.82, 2.24) is 19.8 Å². The molecular formula is C38H41F5N4O4. The van der Waals surface area contributed by atoms with Crippen LogP contribution in [0.2, 0.25) is 0 Å². The van der Waals surface area contributed by atoms with E-state index in [0.717, 1.165) is 56.5 Å². The zero-order valence-corrected chi connectivity index (χ0v) is 28.1. The monoisotopic (exact) mass is 712 g/mol. The summed E-state index contributed by atoms with van der Waals surface area (Å²) < 4.78 is 79.1. The van der Waals surface area contributed by atoms with Gasteiger partial charge in [-0.25, -0.2) is 18.6 Å². The molecule has 0 radical (unpaired) electrons. The van der Waals surface area contributed by atoms with Crippen molar-refractivity contribution >= 4 is 22.8 Å². The molecule has 1 amide bonds. The molecule has 3 heterocycles. The zero-order valence-electron chi connectivity index (χ0n) is 28.1. The number of carboxylic acids is 1. The molecule has 13 heteroatoms. The van der Waals surface area contributed by atoms with E-state index in [2.05, 4.69) is 14.9 Å². The number of carbonyl (C=O) groups excluding carboxylic acids is 1. The summed E-state index contributed by atoms with van der Waals surface area (Å²) >= 11 is 0. The highest BCUT2D eigenvalue weighted by atomic mass is 19.4. The van der Waals surface area contributed by atoms with Gasteiger partial charge in [0.2, 0.25) is 0 Å². The molecule has 4 bridgehead atoms. The highest BCUT2D eigenvalue weighted by Gasteiger charge is 2.62. The van der Waals surface area contributed by atoms with Gasteiger partial charge in [0.15, 0.2) is 5.69 Å². The number of nitrogens with zero attached hydrogens (tertiary/aromatic N) is 3. The molecule has 7 fully saturated rings. The van der Waals surface area contributed by atoms with Gasteiger partial charge in [0.05, 0.1) is 36.0 Å². The number of rotatable bonds is 8. The number of carbonyl (C=O) groups is 2. The highest BCUT2D eigenvalue weighted by molar-refractivity contribution is 6.00. The average molecular weight is 713 g/mol. The lowest BCUT2D eigenvalue weighted by atomic mass is 9.48. The summed E-state index contributed by atoms with van der Waals surface area (Å²) in [6.07, 6.45) is 5.41. The van der Waals surface area contributed by atoms with Crippen LogP contribution in [-0.2, 0) is 11.0 Å². The predicted molar refractivity (Wildman–Crippen MR) is 177 cm³/mol. The van der Waals surface area contributed by atoms with Gasteiger partial charge in [0.25, 0.3) is 11.8 Å². The van der Waals surface area contributed by atoms with Crippen LogP contribution in [0.3, 0.4) is 0 Å². The lowest BCUT2D eigenvalue weighted by molar-refractivity contribution is -0.163. The van der Waals surface area contributed by atoms with Crippen LogP contribution in [0, 0.1) is 23.7 Å². The number of hydrogen-bond donors (Lipinski definition) is 2. The van der Waals surface area contributed by atoms with Gasteiger partial charge >= 0.3 is 12.1 Å². The number of alkyl halides is 5. The van der Waals surface area contributed by atoms with Crippen LogP contribution in [0.4, 0.5) is 22.0 Å². The lowest BCUT2D eigenvalue weighted by Gasteiger charge is -2.59. The van der Waals surface area contributed by atoms with Crippen molar-refractivity contribution in [2.75, 3.05) is 13.1 Å². The Hall–Kier alpha value is -3.74. The van der Waals surface area contributed by atoms with Gasteiger partial charge in [-0.15, -0.1) is 0 Å². The number of halogens is 5. The predicted octanol–water partition coefficient (Wildman–Crippen LogP) is 7.71. The summed E-state index contributed by atoms with van der Waals surface area (Å²) in [5, 5.41) is 13.8. The van der Waals surface area contributed by atoms with E-state index in [9.17, 15) is 36.6 Å². The summed E-state index contributed by atoms with van der Waals surface area (Å²) in [4.78, 5) is 32.4. The number of aromatic nitrogens is 2. The molecule has 1 aromatic carbocycles. The number of ether oxygens (including phenoxy) is 1. The van der Waals surface area contributed by atoms with Crippen LogP contribution in [0.25, 0.3) is 22.2 Å². The van der Waals surface area contributed by atoms with Crippen LogP contribution in [0.15, 0.2) is 36.5 Å². The van der Waals surface area contributed by atoms with E-state index >= 15 is 0 Å². The molecule has 2 aromatic heterocycles. The summed E-state index contributed by atoms with van der Waals surface area (Å²) in [6.45, 7) is -0.356. The molecule has 0 unspecified atom stereocenters. The number of aliphatic carboxylic acids is 1. The Morgan fingerprint density at radius 2 is 1.53 bits per heavy atom. The van der Waals surface area contributed by atoms with Crippen molar-refractivity contribution in [3.8, 4) is 17.0 Å². The van der Waals surface area contributed by atoms with E-state index in [0.29, 0.717) is 54.2 Å². The smallest absolute Gasteiger partial charge is 0.434 e. The largest absolute Gasteiger partial charge is 0.490 e. The van der Waals surface area contributed by atoms with Crippen molar-refractivity contribution in [3.05, 3.63) is 47.8 Å². The molecule has 272 valence electrons. The molecule has 1 saturated heterocycles. The van der Waals surface area contributed by atoms with Gasteiger partial charge in [0.1, 0.15) is 11.3 Å². The Morgan fingerprint density at radius 1 is 0.882 bits per heavy atom. The van der Waals surface area contributed by atoms with Gasteiger partial charge < -0.3 is 19.7 Å². The average Bonchev–Trinajstić information content (AvgIpc) is 3.84. The van der Waals surface area contributed by atoms with Crippen molar-refractivity contribution in [2.24, 2.45) is 23.7 Å². The van der Waals surface area contributed by atoms with Crippen LogP contribution >= 0.6 is 0 Å². The van der Waals surface area contributed by atoms with Crippen LogP contribution in [0.5, 0.6) is 5.75 Å². The quantitative estimate of drug-likeness (QED) is 0.233. The Kier molecular flexibility index (Phi) is 7.55. The van der Waals surface area contributed by atoms with Gasteiger partial charge in [0, 0.05) is 35.3 Å². The summed E-state index contributed by atoms with van der Waals surface area (Å²) in [5.74, 6) is -4.00. The summed E-state index contributed by atoms with van der Waals surface area (Å²) in [5.41, 5.74) is -2.24. The van der Waals surface area contributed by atoms with E-state index in [1.165, 1.54) is 6.07 Å². The summed E-state index contributed by atoms with van der Waals surface area (Å²) in [7, 11) is 0. The molecule has 8 nitrogen and oxygen atoms in total. The third-order valence-corrected chi connectivity index (χ3v) is 12.9. The number of pyridine rings is 1. The minimum absolute atomic E-state index is 0.0573. The normalized spacial score (nSPS) is 32.9. The van der Waals surface area contributed by atoms with E-state index < -0.39 is 40.8 Å². The first-order valence-corrected chi connectivity index (χ1v) is 18.3. The number of benzene rings is 1. The third kappa shape index (κ3) is 5.68. The molecule has 7 aliphatic rings. The summed E-state index contributed by atoms with van der Waals surface area (Å²) in [6, 6.07) is 8.41. The fourth-order valence-electron chi connectivity index (χ4n) is 10.5.